The predicted molar refractivity (Wildman–Crippen MR) is 139 cm³/mol. The van der Waals surface area contributed by atoms with E-state index in [1.54, 1.807) is 36.6 Å². The molecule has 0 amide bonds. The number of hydrogen-bond acceptors (Lipinski definition) is 5. The molecule has 0 saturated carbocycles. The first-order chi connectivity index (χ1) is 16.3. The molecule has 0 aliphatic heterocycles. The van der Waals surface area contributed by atoms with Crippen LogP contribution in [-0.2, 0) is 30.3 Å². The zero-order chi connectivity index (χ0) is 25.8. The number of aliphatic hydroxyl groups is 1. The maximum absolute atomic E-state index is 10.7. The number of hydrogen-bond donors (Lipinski definition) is 1. The molecule has 1 N–H and O–H groups in total. The largest absolute Gasteiger partial charge is 1.00 e. The summed E-state index contributed by atoms with van der Waals surface area (Å²) in [6.07, 6.45) is 3.51. The minimum absolute atomic E-state index is 0. The summed E-state index contributed by atoms with van der Waals surface area (Å²) in [5.41, 5.74) is 2.93. The van der Waals surface area contributed by atoms with Crippen molar-refractivity contribution in [3.05, 3.63) is 102 Å². The van der Waals surface area contributed by atoms with E-state index in [0.29, 0.717) is 4.90 Å². The monoisotopic (exact) mass is 558 g/mol. The molecule has 3 aromatic carbocycles. The third-order valence-corrected chi connectivity index (χ3v) is 4.75. The van der Waals surface area contributed by atoms with E-state index in [-0.39, 0.29) is 109 Å². The van der Waals surface area contributed by atoms with Crippen LogP contribution in [0.3, 0.4) is 0 Å². The Morgan fingerprint density at radius 3 is 1.89 bits per heavy atom. The van der Waals surface area contributed by atoms with Gasteiger partial charge in [-0.2, -0.15) is 70.6 Å². The molecule has 1 unspecified atom stereocenters. The van der Waals surface area contributed by atoms with Gasteiger partial charge >= 0.3 is 103 Å². The minimum atomic E-state index is -2.11. The van der Waals surface area contributed by atoms with E-state index in [0.717, 1.165) is 29.9 Å². The maximum atomic E-state index is 10.7. The first-order valence-corrected chi connectivity index (χ1v) is 12.4. The molecule has 0 bridgehead atoms. The van der Waals surface area contributed by atoms with Gasteiger partial charge < -0.3 is 18.3 Å². The second-order valence-electron chi connectivity index (χ2n) is 8.10. The second kappa shape index (κ2) is 27.1. The molecule has 0 saturated heterocycles. The Morgan fingerprint density at radius 1 is 0.917 bits per heavy atom. The number of rotatable bonds is 6. The van der Waals surface area contributed by atoms with Crippen molar-refractivity contribution >= 4 is 17.0 Å². The van der Waals surface area contributed by atoms with E-state index in [1.807, 2.05) is 43.3 Å². The van der Waals surface area contributed by atoms with Gasteiger partial charge in [-0.1, -0.05) is 100.0 Å². The molecule has 36 heavy (non-hydrogen) atoms. The van der Waals surface area contributed by atoms with Crippen molar-refractivity contribution in [1.82, 2.24) is 0 Å². The van der Waals surface area contributed by atoms with Crippen molar-refractivity contribution in [1.29, 1.82) is 0 Å². The molecule has 3 aromatic rings. The standard InChI is InChI=1S/C9H10O2S.C9H9O2.C7H7.C4H10.2K/c1-2-5-8-6-3-4-7-9(8)12(10)11;10-6-9(7-11)8-4-2-1-3-5-8;1-7-5-3-2-4-6-7;1-4(2)3;;/h4,6-7H,2,5H2,1H3;1-5,9-10H,6H2;2-3,5-6H,1H3;4H,1-3H3;;/q-2;2*-1;;2*+1. The Morgan fingerprint density at radius 2 is 1.50 bits per heavy atom. The smallest absolute Gasteiger partial charge is 0.541 e. The van der Waals surface area contributed by atoms with Gasteiger partial charge in [0.1, 0.15) is 0 Å². The fourth-order valence-electron chi connectivity index (χ4n) is 2.46. The van der Waals surface area contributed by atoms with Crippen LogP contribution in [-0.4, -0.2) is 18.0 Å². The van der Waals surface area contributed by atoms with Gasteiger partial charge in [0, 0.05) is 6.61 Å². The molecule has 0 radical (unpaired) electrons. The molecular formula is C29H36K2O4S-2. The number of aryl methyl sites for hydroxylation is 2. The van der Waals surface area contributed by atoms with Crippen molar-refractivity contribution in [2.45, 2.75) is 58.3 Å². The van der Waals surface area contributed by atoms with E-state index >= 15 is 0 Å². The van der Waals surface area contributed by atoms with Crippen LogP contribution in [0.1, 0.15) is 56.7 Å². The molecule has 3 rings (SSSR count). The first kappa shape index (κ1) is 41.0. The first-order valence-electron chi connectivity index (χ1n) is 11.3. The van der Waals surface area contributed by atoms with Crippen LogP contribution in [0.4, 0.5) is 0 Å². The minimum Gasteiger partial charge on any atom is -0.541 e. The number of benzene rings is 3. The van der Waals surface area contributed by atoms with Crippen molar-refractivity contribution in [3.63, 3.8) is 0 Å². The molecule has 4 nitrogen and oxygen atoms in total. The van der Waals surface area contributed by atoms with Crippen LogP contribution in [0.15, 0.2) is 77.7 Å². The maximum Gasteiger partial charge on any atom is 1.00 e. The third kappa shape index (κ3) is 21.4. The summed E-state index contributed by atoms with van der Waals surface area (Å²) in [7, 11) is -2.11. The average molecular weight is 559 g/mol. The van der Waals surface area contributed by atoms with Crippen LogP contribution >= 0.6 is 0 Å². The summed E-state index contributed by atoms with van der Waals surface area (Å²) in [6, 6.07) is 27.8. The molecule has 0 aliphatic carbocycles. The Bertz CT molecular complexity index is 968. The van der Waals surface area contributed by atoms with Gasteiger partial charge in [-0.25, -0.2) is 0 Å². The van der Waals surface area contributed by atoms with Crippen molar-refractivity contribution < 1.29 is 121 Å². The normalized spacial score (nSPS) is 10.0. The average Bonchev–Trinajstić information content (AvgIpc) is 2.82. The SMILES string of the molecule is CC(C)C.CCCc1c[c-]ccc1[S-](=O)=O.Cc1c[c-]ccc1.O=[C-]C(CO)c1ccccc1.[K+].[K+]. The number of carbonyl (C=O) groups excluding carboxylic acids is 1. The molecule has 0 aromatic heterocycles. The topological polar surface area (TPSA) is 71.4 Å². The van der Waals surface area contributed by atoms with Gasteiger partial charge in [-0.15, -0.1) is 0 Å². The van der Waals surface area contributed by atoms with E-state index in [2.05, 4.69) is 45.9 Å². The summed E-state index contributed by atoms with van der Waals surface area (Å²) in [6.45, 7) is 10.4. The summed E-state index contributed by atoms with van der Waals surface area (Å²) in [4.78, 5) is 10.7. The quantitative estimate of drug-likeness (QED) is 0.271. The van der Waals surface area contributed by atoms with Gasteiger partial charge in [0.25, 0.3) is 0 Å². The van der Waals surface area contributed by atoms with Gasteiger partial charge in [0.2, 0.25) is 0 Å². The van der Waals surface area contributed by atoms with Crippen LogP contribution in [0.2, 0.25) is 0 Å². The Balaban J connectivity index is -0.000000421. The van der Waals surface area contributed by atoms with Crippen LogP contribution in [0.25, 0.3) is 0 Å². The van der Waals surface area contributed by atoms with Gasteiger partial charge in [0.05, 0.1) is 0 Å². The van der Waals surface area contributed by atoms with E-state index in [4.69, 9.17) is 5.11 Å². The zero-order valence-electron chi connectivity index (χ0n) is 22.8. The molecule has 0 aliphatic rings. The third-order valence-electron chi connectivity index (χ3n) is 3.99. The van der Waals surface area contributed by atoms with Gasteiger partial charge in [0.15, 0.2) is 0 Å². The van der Waals surface area contributed by atoms with Crippen molar-refractivity contribution in [3.8, 4) is 0 Å². The molecule has 186 valence electrons. The Labute approximate surface area is 305 Å². The van der Waals surface area contributed by atoms with E-state index in [1.165, 1.54) is 5.56 Å². The Kier molecular flexibility index (Phi) is 30.9. The molecule has 0 fully saturated rings. The van der Waals surface area contributed by atoms with Crippen molar-refractivity contribution in [2.75, 3.05) is 6.61 Å². The fourth-order valence-corrected chi connectivity index (χ4v) is 3.01. The molecule has 1 atom stereocenters. The van der Waals surface area contributed by atoms with Crippen molar-refractivity contribution in [2.24, 2.45) is 5.92 Å². The fraction of sp³-hybridized carbons (Fsp3) is 0.345. The molecule has 7 heteroatoms. The Hall–Kier alpha value is 0.513. The summed E-state index contributed by atoms with van der Waals surface area (Å²) in [5.74, 6) is 0.344. The molecule has 0 heterocycles. The predicted octanol–water partition coefficient (Wildman–Crippen LogP) is 0.445. The summed E-state index contributed by atoms with van der Waals surface area (Å²) < 4.78 is 21.4. The molecular weight excluding hydrogens is 523 g/mol. The zero-order valence-corrected chi connectivity index (χ0v) is 29.8. The van der Waals surface area contributed by atoms with Gasteiger partial charge in [-0.3, -0.25) is 6.29 Å². The summed E-state index contributed by atoms with van der Waals surface area (Å²) in [5, 5.41) is 8.72. The van der Waals surface area contributed by atoms with E-state index < -0.39 is 16.6 Å². The van der Waals surface area contributed by atoms with Gasteiger partial charge in [-0.05, 0) is 5.92 Å². The van der Waals surface area contributed by atoms with E-state index in [9.17, 15) is 13.2 Å². The number of aliphatic hydroxyl groups excluding tert-OH is 1. The van der Waals surface area contributed by atoms with Crippen LogP contribution in [0, 0.1) is 25.0 Å². The summed E-state index contributed by atoms with van der Waals surface area (Å²) >= 11 is 0. The second-order valence-corrected chi connectivity index (χ2v) is 9.00. The molecule has 0 spiro atoms. The van der Waals surface area contributed by atoms with Crippen LogP contribution < -0.4 is 103 Å². The van der Waals surface area contributed by atoms with Crippen LogP contribution in [0.5, 0.6) is 0 Å².